The summed E-state index contributed by atoms with van der Waals surface area (Å²) < 4.78 is 5.70. The number of amides is 1. The fourth-order valence-corrected chi connectivity index (χ4v) is 2.75. The van der Waals surface area contributed by atoms with Crippen LogP contribution in [0.4, 0.5) is 0 Å². The van der Waals surface area contributed by atoms with E-state index in [0.717, 1.165) is 62.8 Å². The zero-order chi connectivity index (χ0) is 19.9. The number of ether oxygens (including phenoxy) is 1. The van der Waals surface area contributed by atoms with E-state index in [1.807, 2.05) is 24.3 Å². The number of carboxylic acids is 1. The molecule has 6 nitrogen and oxygen atoms in total. The molecule has 1 aromatic rings. The van der Waals surface area contributed by atoms with Crippen molar-refractivity contribution in [3.63, 3.8) is 0 Å². The summed E-state index contributed by atoms with van der Waals surface area (Å²) in [6, 6.07) is 6.48. The first kappa shape index (κ1) is 23.0. The Bertz CT molecular complexity index is 546. The van der Waals surface area contributed by atoms with E-state index in [1.54, 1.807) is 0 Å². The van der Waals surface area contributed by atoms with Crippen molar-refractivity contribution < 1.29 is 19.4 Å². The number of hydrogen-bond donors (Lipinski definition) is 3. The zero-order valence-corrected chi connectivity index (χ0v) is 16.4. The van der Waals surface area contributed by atoms with E-state index in [0.29, 0.717) is 13.0 Å². The molecule has 0 heterocycles. The van der Waals surface area contributed by atoms with Gasteiger partial charge in [0, 0.05) is 12.8 Å². The maximum Gasteiger partial charge on any atom is 0.326 e. The summed E-state index contributed by atoms with van der Waals surface area (Å²) >= 11 is 0. The smallest absolute Gasteiger partial charge is 0.326 e. The molecule has 0 fully saturated rings. The first-order valence-electron chi connectivity index (χ1n) is 10.0. The van der Waals surface area contributed by atoms with Crippen molar-refractivity contribution in [2.24, 2.45) is 5.73 Å². The van der Waals surface area contributed by atoms with Crippen LogP contribution in [0.5, 0.6) is 5.75 Å². The highest BCUT2D eigenvalue weighted by Gasteiger charge is 2.20. The van der Waals surface area contributed by atoms with Gasteiger partial charge in [-0.15, -0.1) is 0 Å². The largest absolute Gasteiger partial charge is 0.494 e. The van der Waals surface area contributed by atoms with Gasteiger partial charge in [0.15, 0.2) is 0 Å². The topological polar surface area (TPSA) is 102 Å². The molecular formula is C21H34N2O4. The van der Waals surface area contributed by atoms with Crippen molar-refractivity contribution in [1.82, 2.24) is 5.32 Å². The average Bonchev–Trinajstić information content (AvgIpc) is 2.65. The summed E-state index contributed by atoms with van der Waals surface area (Å²) in [6.07, 6.45) is 7.68. The lowest BCUT2D eigenvalue weighted by Gasteiger charge is -2.15. The number of aliphatic carboxylic acids is 1. The lowest BCUT2D eigenvalue weighted by Crippen LogP contribution is -2.42. The van der Waals surface area contributed by atoms with Gasteiger partial charge in [-0.1, -0.05) is 44.7 Å². The highest BCUT2D eigenvalue weighted by molar-refractivity contribution is 5.83. The number of carboxylic acid groups (broad SMARTS) is 1. The van der Waals surface area contributed by atoms with Gasteiger partial charge < -0.3 is 20.9 Å². The highest BCUT2D eigenvalue weighted by Crippen LogP contribution is 2.14. The molecule has 27 heavy (non-hydrogen) atoms. The van der Waals surface area contributed by atoms with Crippen molar-refractivity contribution in [1.29, 1.82) is 0 Å². The molecule has 0 aromatic heterocycles. The third kappa shape index (κ3) is 10.6. The Labute approximate surface area is 162 Å². The number of carbonyl (C=O) groups excluding carboxylic acids is 1. The molecule has 1 atom stereocenters. The number of nitrogens with two attached hydrogens (primary N) is 1. The quantitative estimate of drug-likeness (QED) is 0.407. The van der Waals surface area contributed by atoms with Crippen molar-refractivity contribution in [3.8, 4) is 5.75 Å². The predicted molar refractivity (Wildman–Crippen MR) is 107 cm³/mol. The Balaban J connectivity index is 2.41. The lowest BCUT2D eigenvalue weighted by atomic mass is 10.1. The van der Waals surface area contributed by atoms with Gasteiger partial charge in [0.25, 0.3) is 0 Å². The molecule has 0 saturated carbocycles. The minimum atomic E-state index is -1.02. The first-order chi connectivity index (χ1) is 13.1. The van der Waals surface area contributed by atoms with E-state index in [2.05, 4.69) is 12.2 Å². The normalized spacial score (nSPS) is 11.8. The third-order valence-corrected chi connectivity index (χ3v) is 4.37. The molecule has 0 unspecified atom stereocenters. The van der Waals surface area contributed by atoms with E-state index >= 15 is 0 Å². The van der Waals surface area contributed by atoms with Crippen LogP contribution in [0.3, 0.4) is 0 Å². The number of carbonyl (C=O) groups is 2. The molecule has 1 amide bonds. The zero-order valence-electron chi connectivity index (χ0n) is 16.4. The Hall–Kier alpha value is -2.08. The molecule has 0 radical (unpaired) electrons. The molecule has 1 rings (SSSR count). The van der Waals surface area contributed by atoms with Gasteiger partial charge in [0.1, 0.15) is 11.8 Å². The number of nitrogens with one attached hydrogen (secondary N) is 1. The van der Waals surface area contributed by atoms with Crippen LogP contribution in [-0.4, -0.2) is 36.2 Å². The van der Waals surface area contributed by atoms with Crippen LogP contribution in [0.25, 0.3) is 0 Å². The standard InChI is InChI=1S/C21H34N2O4/c1-2-3-6-9-20(24)23-19(21(25)26)16-17-10-12-18(13-11-17)27-15-8-5-4-7-14-22/h10-13,19H,2-9,14-16,22H2,1H3,(H,23,24)(H,25,26)/t19-/m0/s1. The van der Waals surface area contributed by atoms with Gasteiger partial charge in [-0.3, -0.25) is 4.79 Å². The van der Waals surface area contributed by atoms with Crippen molar-refractivity contribution >= 4 is 11.9 Å². The number of unbranched alkanes of at least 4 members (excludes halogenated alkanes) is 5. The predicted octanol–water partition coefficient (Wildman–Crippen LogP) is 3.28. The second-order valence-electron chi connectivity index (χ2n) is 6.81. The minimum absolute atomic E-state index is 0.203. The van der Waals surface area contributed by atoms with Crippen molar-refractivity contribution in [2.75, 3.05) is 13.2 Å². The molecule has 6 heteroatoms. The molecule has 152 valence electrons. The van der Waals surface area contributed by atoms with Crippen LogP contribution < -0.4 is 15.8 Å². The van der Waals surface area contributed by atoms with Crippen molar-refractivity contribution in [3.05, 3.63) is 29.8 Å². The fourth-order valence-electron chi connectivity index (χ4n) is 2.75. The van der Waals surface area contributed by atoms with Gasteiger partial charge in [-0.05, 0) is 43.5 Å². The second kappa shape index (κ2) is 14.0. The third-order valence-electron chi connectivity index (χ3n) is 4.37. The van der Waals surface area contributed by atoms with E-state index < -0.39 is 12.0 Å². The summed E-state index contributed by atoms with van der Waals surface area (Å²) in [7, 11) is 0. The van der Waals surface area contributed by atoms with E-state index in [4.69, 9.17) is 10.5 Å². The first-order valence-corrected chi connectivity index (χ1v) is 10.0. The fraction of sp³-hybridized carbons (Fsp3) is 0.619. The van der Waals surface area contributed by atoms with Crippen LogP contribution >= 0.6 is 0 Å². The summed E-state index contributed by atoms with van der Waals surface area (Å²) in [5.74, 6) is -0.449. The van der Waals surface area contributed by atoms with Gasteiger partial charge in [-0.25, -0.2) is 4.79 Å². The minimum Gasteiger partial charge on any atom is -0.494 e. The Morgan fingerprint density at radius 1 is 1.07 bits per heavy atom. The molecule has 0 bridgehead atoms. The Kier molecular flexibility index (Phi) is 11.9. The van der Waals surface area contributed by atoms with Crippen molar-refractivity contribution in [2.45, 2.75) is 70.8 Å². The molecule has 0 aliphatic heterocycles. The summed E-state index contributed by atoms with van der Waals surface area (Å²) in [4.78, 5) is 23.3. The van der Waals surface area contributed by atoms with Crippen LogP contribution in [0.15, 0.2) is 24.3 Å². The number of rotatable bonds is 15. The SMILES string of the molecule is CCCCCC(=O)N[C@@H](Cc1ccc(OCCCCCCN)cc1)C(=O)O. The van der Waals surface area contributed by atoms with Crippen LogP contribution in [-0.2, 0) is 16.0 Å². The molecule has 0 aliphatic carbocycles. The summed E-state index contributed by atoms with van der Waals surface area (Å²) in [6.45, 7) is 3.46. The molecular weight excluding hydrogens is 344 g/mol. The summed E-state index contributed by atoms with van der Waals surface area (Å²) in [5.41, 5.74) is 6.32. The second-order valence-corrected chi connectivity index (χ2v) is 6.81. The van der Waals surface area contributed by atoms with E-state index in [-0.39, 0.29) is 12.3 Å². The molecule has 0 aliphatic rings. The van der Waals surface area contributed by atoms with E-state index in [1.165, 1.54) is 0 Å². The Morgan fingerprint density at radius 3 is 2.41 bits per heavy atom. The van der Waals surface area contributed by atoms with E-state index in [9.17, 15) is 14.7 Å². The summed E-state index contributed by atoms with van der Waals surface area (Å²) in [5, 5.41) is 12.0. The lowest BCUT2D eigenvalue weighted by molar-refractivity contribution is -0.141. The molecule has 0 spiro atoms. The Morgan fingerprint density at radius 2 is 1.78 bits per heavy atom. The molecule has 0 saturated heterocycles. The van der Waals surface area contributed by atoms with Gasteiger partial charge in [0.05, 0.1) is 6.61 Å². The van der Waals surface area contributed by atoms with Gasteiger partial charge >= 0.3 is 5.97 Å². The molecule has 1 aromatic carbocycles. The number of benzene rings is 1. The number of hydrogen-bond acceptors (Lipinski definition) is 4. The highest BCUT2D eigenvalue weighted by atomic mass is 16.5. The molecule has 4 N–H and O–H groups in total. The van der Waals surface area contributed by atoms with Gasteiger partial charge in [0.2, 0.25) is 5.91 Å². The maximum absolute atomic E-state index is 11.9. The maximum atomic E-state index is 11.9. The monoisotopic (exact) mass is 378 g/mol. The van der Waals surface area contributed by atoms with Crippen LogP contribution in [0.2, 0.25) is 0 Å². The van der Waals surface area contributed by atoms with Crippen LogP contribution in [0.1, 0.15) is 63.9 Å². The van der Waals surface area contributed by atoms with Gasteiger partial charge in [-0.2, -0.15) is 0 Å². The average molecular weight is 379 g/mol. The van der Waals surface area contributed by atoms with Crippen LogP contribution in [0, 0.1) is 0 Å².